The Kier molecular flexibility index (Phi) is 10.5. The third-order valence-electron chi connectivity index (χ3n) is 4.95. The van der Waals surface area contributed by atoms with Crippen LogP contribution in [0.1, 0.15) is 167 Å². The van der Waals surface area contributed by atoms with E-state index in [1.807, 2.05) is 6.08 Å². The fraction of sp³-hybridized carbons (Fsp3) is 0.704. The second-order valence-corrected chi connectivity index (χ2v) is 7.73. The van der Waals surface area contributed by atoms with E-state index in [1.54, 1.807) is 0 Å². The van der Waals surface area contributed by atoms with Crippen LogP contribution in [-0.4, -0.2) is 11.6 Å². The maximum absolute atomic E-state index is 11.4. The molecule has 1 aliphatic carbocycles. The summed E-state index contributed by atoms with van der Waals surface area (Å²) in [5.41, 5.74) is 0. The lowest BCUT2D eigenvalue weighted by atomic mass is 10.1. The number of ketones is 2. The molecule has 0 aromatic rings. The molecule has 0 fully saturated rings. The lowest BCUT2D eigenvalue weighted by Crippen LogP contribution is -1.95. The molecule has 0 atom stereocenters. The van der Waals surface area contributed by atoms with E-state index in [-0.39, 0.29) is 8.85 Å². The zero-order valence-corrected chi connectivity index (χ0v) is 18.4. The Morgan fingerprint density at radius 2 is 1.45 bits per heavy atom. The Morgan fingerprint density at radius 3 is 2.03 bits per heavy atom. The van der Waals surface area contributed by atoms with Crippen LogP contribution in [0.3, 0.4) is 0 Å². The Labute approximate surface area is 226 Å². The van der Waals surface area contributed by atoms with Gasteiger partial charge in [-0.25, -0.2) is 0 Å². The molecule has 0 radical (unpaired) electrons. The maximum Gasteiger partial charge on any atom is 0.133 e. The van der Waals surface area contributed by atoms with Gasteiger partial charge in [-0.05, 0) is 38.5 Å². The predicted molar refractivity (Wildman–Crippen MR) is 161 cm³/mol. The standard InChI is InChI=1S/C19H34O.C7H10O.CH4.15H2/c1-3-5-7-8-9-10-11-12-13-14-15-16-18-19(20)17-6-4-2;8-7-5-3-1-2-4-6-7;;;;;;;;;;;;;;;;/h4,14-15H,2-3,5-13,16-18H2,1H3;1-2H,3-6H2;1H4;15*1H/i;;;14*1+1D;1+1. The zero-order valence-electron chi connectivity index (χ0n) is 46.4. The molecule has 0 N–H and O–H groups in total. The molecule has 1 aliphatic rings. The highest BCUT2D eigenvalue weighted by Gasteiger charge is 2.00. The van der Waals surface area contributed by atoms with Crippen LogP contribution >= 0.6 is 0 Å². The molecule has 0 aromatic heterocycles. The minimum absolute atomic E-state index is 0. The summed E-state index contributed by atoms with van der Waals surface area (Å²) >= 11 is 0. The van der Waals surface area contributed by atoms with Crippen molar-refractivity contribution in [3.63, 3.8) is 0 Å². The topological polar surface area (TPSA) is 34.1 Å². The molecule has 29 heavy (non-hydrogen) atoms. The lowest BCUT2D eigenvalue weighted by molar-refractivity contribution is -0.119. The van der Waals surface area contributed by atoms with E-state index in [2.05, 4.69) is 37.8 Å². The van der Waals surface area contributed by atoms with Gasteiger partial charge in [0.2, 0.25) is 0 Å². The fourth-order valence-electron chi connectivity index (χ4n) is 3.11. The Balaban J connectivity index is -0.0000000249. The number of unbranched alkanes of at least 4 members (excludes halogenated alkanes) is 8. The van der Waals surface area contributed by atoms with Gasteiger partial charge in [-0.2, -0.15) is 0 Å². The molecule has 1 rings (SSSR count). The molecule has 0 unspecified atom stereocenters. The van der Waals surface area contributed by atoms with E-state index in [4.69, 9.17) is 41.6 Å². The second-order valence-electron chi connectivity index (χ2n) is 7.73. The highest BCUT2D eigenvalue weighted by atomic mass is 16.1. The van der Waals surface area contributed by atoms with Gasteiger partial charge < -0.3 is 0 Å². The first-order valence-electron chi connectivity index (χ1n) is 25.6. The van der Waals surface area contributed by atoms with Crippen molar-refractivity contribution < 1.29 is 52.6 Å². The van der Waals surface area contributed by atoms with E-state index < -0.39 is 0 Å². The first-order valence-corrected chi connectivity index (χ1v) is 11.6. The van der Waals surface area contributed by atoms with Crippen molar-refractivity contribution in [2.24, 2.45) is 0 Å². The van der Waals surface area contributed by atoms with Crippen molar-refractivity contribution in [1.29, 1.82) is 0 Å². The fourth-order valence-corrected chi connectivity index (χ4v) is 3.11. The summed E-state index contributed by atoms with van der Waals surface area (Å²) in [5, 5.41) is 0. The van der Waals surface area contributed by atoms with E-state index in [9.17, 15) is 9.59 Å². The number of allylic oxidation sites excluding steroid dienone is 5. The first-order chi connectivity index (χ1) is 27.7. The molecule has 0 spiro atoms. The number of carbonyl (C=O) groups excluding carboxylic acids is 2. The van der Waals surface area contributed by atoms with Gasteiger partial charge in [0.1, 0.15) is 11.6 Å². The van der Waals surface area contributed by atoms with E-state index in [1.165, 1.54) is 57.8 Å². The summed E-state index contributed by atoms with van der Waals surface area (Å²) in [5.74, 6) is 0.775. The van der Waals surface area contributed by atoms with Gasteiger partial charge in [0, 0.05) is 68.7 Å². The van der Waals surface area contributed by atoms with Crippen molar-refractivity contribution in [2.75, 3.05) is 0 Å². The minimum atomic E-state index is 0. The van der Waals surface area contributed by atoms with Crippen LogP contribution < -0.4 is 0 Å². The smallest absolute Gasteiger partial charge is 0.133 e. The molecule has 0 aliphatic heterocycles. The quantitative estimate of drug-likeness (QED) is 0.178. The van der Waals surface area contributed by atoms with Crippen LogP contribution in [-0.2, 0) is 9.59 Å². The highest BCUT2D eigenvalue weighted by Crippen LogP contribution is 2.10. The van der Waals surface area contributed by atoms with Gasteiger partial charge in [-0.15, -0.1) is 6.58 Å². The van der Waals surface area contributed by atoms with E-state index >= 15 is 0 Å². The largest absolute Gasteiger partial charge is 0.300 e. The van der Waals surface area contributed by atoms with Crippen LogP contribution in [0.5, 0.6) is 0 Å². The average molecular weight is 464 g/mol. The number of Topliss-reactive ketones (excluding diaryl/α,β-unsaturated/α-hetero) is 2. The highest BCUT2D eigenvalue weighted by molar-refractivity contribution is 5.79. The normalized spacial score (nSPS) is 17.2. The molecule has 0 amide bonds. The molecule has 198 valence electrons. The summed E-state index contributed by atoms with van der Waals surface area (Å²) in [6.45, 7) is 5.90. The third-order valence-corrected chi connectivity index (χ3v) is 4.95. The molecular formula is C27H78O2. The Bertz CT molecular complexity index is 491. The molecule has 0 saturated heterocycles. The maximum atomic E-state index is 11.4. The first kappa shape index (κ1) is 12.4. The summed E-state index contributed by atoms with van der Waals surface area (Å²) < 4.78 is 140. The SMILES string of the molecule is C.C=CCCC(=O)CCC=CCCCCCCCCCC.O=C1CCC=CCC1.[2HH].[2H][2H].[2H][2H].[2H][2H].[2H][2H].[2H][2H].[2H][2H].[2H][2H].[2H][2H].[2H][2H].[2H][2H].[2H][2H].[2H][2H].[2H][2H].[2H][2H]. The molecular weight excluding hydrogens is 356 g/mol. The van der Waals surface area contributed by atoms with Gasteiger partial charge in [-0.3, -0.25) is 9.59 Å². The van der Waals surface area contributed by atoms with Gasteiger partial charge in [-0.1, -0.05) is 89.7 Å². The molecule has 2 nitrogen and oxygen atoms in total. The molecule has 0 saturated carbocycles. The average Bonchev–Trinajstić information content (AvgIpc) is 3.60. The second kappa shape index (κ2) is 24.6. The van der Waals surface area contributed by atoms with Gasteiger partial charge in [0.25, 0.3) is 0 Å². The van der Waals surface area contributed by atoms with E-state index in [0.29, 0.717) is 24.4 Å². The van der Waals surface area contributed by atoms with Gasteiger partial charge in [0.15, 0.2) is 0 Å². The lowest BCUT2D eigenvalue weighted by Gasteiger charge is -1.99. The summed E-state index contributed by atoms with van der Waals surface area (Å²) in [4.78, 5) is 22.0. The van der Waals surface area contributed by atoms with Crippen molar-refractivity contribution >= 4 is 11.6 Å². The van der Waals surface area contributed by atoms with Crippen molar-refractivity contribution in [3.05, 3.63) is 37.0 Å². The van der Waals surface area contributed by atoms with Crippen LogP contribution in [0.15, 0.2) is 37.0 Å². The third kappa shape index (κ3) is 24.5. The van der Waals surface area contributed by atoms with Crippen molar-refractivity contribution in [2.45, 2.75) is 124 Å². The Hall–Kier alpha value is -1.44. The van der Waals surface area contributed by atoms with Crippen LogP contribution in [0, 0.1) is 0 Å². The van der Waals surface area contributed by atoms with Gasteiger partial charge >= 0.3 is 0 Å². The van der Waals surface area contributed by atoms with Crippen molar-refractivity contribution in [3.8, 4) is 0 Å². The molecule has 0 bridgehead atoms. The number of rotatable bonds is 15. The summed E-state index contributed by atoms with van der Waals surface area (Å²) in [7, 11) is 0. The number of carbonyl (C=O) groups is 2. The number of hydrogen-bond acceptors (Lipinski definition) is 2. The summed E-state index contributed by atoms with van der Waals surface area (Å²) in [6.07, 6.45) is 29.1. The summed E-state index contributed by atoms with van der Waals surface area (Å²) in [6, 6.07) is 0. The predicted octanol–water partition coefficient (Wildman–Crippen LogP) is 12.4. The number of hydrogen-bond donors (Lipinski definition) is 0. The molecule has 0 aromatic carbocycles. The van der Waals surface area contributed by atoms with Crippen LogP contribution in [0.25, 0.3) is 0 Å². The molecule has 0 heterocycles. The van der Waals surface area contributed by atoms with Crippen LogP contribution in [0.2, 0.25) is 0 Å². The van der Waals surface area contributed by atoms with E-state index in [0.717, 1.165) is 38.5 Å². The minimum Gasteiger partial charge on any atom is -0.300 e. The Morgan fingerprint density at radius 1 is 0.931 bits per heavy atom. The zero-order chi connectivity index (χ0) is 48.7. The van der Waals surface area contributed by atoms with Gasteiger partial charge in [0.05, 0.1) is 0 Å². The monoisotopic (exact) mass is 464 g/mol. The van der Waals surface area contributed by atoms with Crippen LogP contribution in [0.4, 0.5) is 0 Å². The molecule has 2 heteroatoms. The van der Waals surface area contributed by atoms with Crippen molar-refractivity contribution in [1.82, 2.24) is 0 Å².